The average molecular weight is 284 g/mol. The first-order valence-electron chi connectivity index (χ1n) is 7.23. The summed E-state index contributed by atoms with van der Waals surface area (Å²) in [5, 5.41) is 6.84. The maximum absolute atomic E-state index is 6.24. The lowest BCUT2D eigenvalue weighted by atomic mass is 9.91. The van der Waals surface area contributed by atoms with E-state index in [0.29, 0.717) is 6.04 Å². The van der Waals surface area contributed by atoms with Crippen LogP contribution in [0.3, 0.4) is 0 Å². The van der Waals surface area contributed by atoms with E-state index >= 15 is 0 Å². The largest absolute Gasteiger partial charge is 0.313 e. The Morgan fingerprint density at radius 1 is 1.39 bits per heavy atom. The molecule has 0 amide bonds. The van der Waals surface area contributed by atoms with Crippen LogP contribution < -0.4 is 5.32 Å². The first-order valence-corrected chi connectivity index (χ1v) is 8.49. The predicted molar refractivity (Wildman–Crippen MR) is 79.4 cm³/mol. The van der Waals surface area contributed by atoms with E-state index in [0.717, 1.165) is 35.7 Å². The van der Waals surface area contributed by atoms with Gasteiger partial charge in [0.25, 0.3) is 0 Å². The molecule has 0 aromatic carbocycles. The van der Waals surface area contributed by atoms with Crippen molar-refractivity contribution in [3.8, 4) is 0 Å². The second kappa shape index (κ2) is 5.52. The summed E-state index contributed by atoms with van der Waals surface area (Å²) in [5.41, 5.74) is 0. The van der Waals surface area contributed by atoms with Gasteiger partial charge in [-0.25, -0.2) is 0 Å². The van der Waals surface area contributed by atoms with Gasteiger partial charge in [-0.2, -0.15) is 0 Å². The lowest BCUT2D eigenvalue weighted by Crippen LogP contribution is -2.38. The van der Waals surface area contributed by atoms with Crippen molar-refractivity contribution in [3.63, 3.8) is 0 Å². The zero-order valence-electron chi connectivity index (χ0n) is 11.0. The van der Waals surface area contributed by atoms with Gasteiger partial charge in [-0.1, -0.05) is 18.5 Å². The van der Waals surface area contributed by atoms with Gasteiger partial charge >= 0.3 is 0 Å². The molecule has 1 nitrogen and oxygen atoms in total. The van der Waals surface area contributed by atoms with Crippen LogP contribution in [-0.4, -0.2) is 12.6 Å². The second-order valence-corrected chi connectivity index (χ2v) is 7.35. The Bertz CT molecular complexity index is 393. The monoisotopic (exact) mass is 283 g/mol. The quantitative estimate of drug-likeness (QED) is 0.818. The Morgan fingerprint density at radius 2 is 2.17 bits per heavy atom. The average Bonchev–Trinajstić information content (AvgIpc) is 2.79. The Morgan fingerprint density at radius 3 is 2.78 bits per heavy atom. The zero-order valence-corrected chi connectivity index (χ0v) is 12.6. The SMILES string of the molecule is CCCNC(Cc1sccc1Cl)C1CC2CC2C1. The van der Waals surface area contributed by atoms with E-state index in [2.05, 4.69) is 17.6 Å². The molecule has 1 aromatic heterocycles. The number of hydrogen-bond acceptors (Lipinski definition) is 2. The standard InChI is InChI=1S/C15H22ClNS/c1-2-4-17-14(9-15-13(16)3-5-18-15)12-7-10-6-11(10)8-12/h3,5,10-12,14,17H,2,4,6-9H2,1H3. The van der Waals surface area contributed by atoms with Gasteiger partial charge in [0.2, 0.25) is 0 Å². The van der Waals surface area contributed by atoms with E-state index in [1.807, 2.05) is 17.4 Å². The molecule has 1 heterocycles. The van der Waals surface area contributed by atoms with Crippen molar-refractivity contribution in [2.45, 2.75) is 45.1 Å². The highest BCUT2D eigenvalue weighted by Gasteiger charge is 2.47. The molecule has 18 heavy (non-hydrogen) atoms. The fraction of sp³-hybridized carbons (Fsp3) is 0.733. The molecule has 0 bridgehead atoms. The van der Waals surface area contributed by atoms with Crippen LogP contribution >= 0.6 is 22.9 Å². The zero-order chi connectivity index (χ0) is 12.5. The second-order valence-electron chi connectivity index (χ2n) is 5.94. The van der Waals surface area contributed by atoms with Crippen LogP contribution in [0, 0.1) is 17.8 Å². The van der Waals surface area contributed by atoms with Crippen molar-refractivity contribution in [2.75, 3.05) is 6.54 Å². The Hall–Kier alpha value is -0.0500. The first kappa shape index (κ1) is 13.0. The van der Waals surface area contributed by atoms with Crippen molar-refractivity contribution in [1.82, 2.24) is 5.32 Å². The molecule has 3 unspecified atom stereocenters. The molecular formula is C15H22ClNS. The molecule has 3 heteroatoms. The van der Waals surface area contributed by atoms with Crippen LogP contribution in [0.15, 0.2) is 11.4 Å². The summed E-state index contributed by atoms with van der Waals surface area (Å²) in [6, 6.07) is 2.68. The van der Waals surface area contributed by atoms with Gasteiger partial charge in [0.15, 0.2) is 0 Å². The van der Waals surface area contributed by atoms with Crippen LogP contribution in [0.5, 0.6) is 0 Å². The van der Waals surface area contributed by atoms with Crippen LogP contribution in [0.4, 0.5) is 0 Å². The van der Waals surface area contributed by atoms with E-state index in [1.54, 1.807) is 0 Å². The van der Waals surface area contributed by atoms with Gasteiger partial charge in [-0.05, 0) is 67.8 Å². The van der Waals surface area contributed by atoms with Crippen molar-refractivity contribution in [2.24, 2.45) is 17.8 Å². The van der Waals surface area contributed by atoms with Gasteiger partial charge in [-0.15, -0.1) is 11.3 Å². The molecule has 1 N–H and O–H groups in total. The number of thiophene rings is 1. The third kappa shape index (κ3) is 2.76. The van der Waals surface area contributed by atoms with Gasteiger partial charge in [0.1, 0.15) is 0 Å². The lowest BCUT2D eigenvalue weighted by molar-refractivity contribution is 0.333. The molecule has 3 rings (SSSR count). The maximum Gasteiger partial charge on any atom is 0.0545 e. The summed E-state index contributed by atoms with van der Waals surface area (Å²) in [4.78, 5) is 1.37. The Labute approximate surface area is 119 Å². The van der Waals surface area contributed by atoms with Gasteiger partial charge < -0.3 is 5.32 Å². The molecule has 2 saturated carbocycles. The summed E-state index contributed by atoms with van der Waals surface area (Å²) >= 11 is 8.05. The number of hydrogen-bond donors (Lipinski definition) is 1. The van der Waals surface area contributed by atoms with E-state index in [9.17, 15) is 0 Å². The van der Waals surface area contributed by atoms with Crippen LogP contribution in [0.1, 0.15) is 37.5 Å². The highest BCUT2D eigenvalue weighted by atomic mass is 35.5. The fourth-order valence-corrected chi connectivity index (χ4v) is 4.67. The molecule has 0 spiro atoms. The fourth-order valence-electron chi connectivity index (χ4n) is 3.50. The third-order valence-corrected chi connectivity index (χ3v) is 6.01. The number of nitrogens with one attached hydrogen (secondary N) is 1. The van der Waals surface area contributed by atoms with Crippen LogP contribution in [0.2, 0.25) is 5.02 Å². The number of fused-ring (bicyclic) bond motifs is 1. The smallest absolute Gasteiger partial charge is 0.0545 e. The van der Waals surface area contributed by atoms with Crippen LogP contribution in [0.25, 0.3) is 0 Å². The number of rotatable bonds is 6. The first-order chi connectivity index (χ1) is 8.78. The molecule has 3 atom stereocenters. The predicted octanol–water partition coefficient (Wildman–Crippen LogP) is 4.36. The maximum atomic E-state index is 6.24. The van der Waals surface area contributed by atoms with E-state index in [-0.39, 0.29) is 0 Å². The van der Waals surface area contributed by atoms with Crippen molar-refractivity contribution < 1.29 is 0 Å². The van der Waals surface area contributed by atoms with Crippen molar-refractivity contribution in [1.29, 1.82) is 0 Å². The topological polar surface area (TPSA) is 12.0 Å². The molecule has 0 saturated heterocycles. The Kier molecular flexibility index (Phi) is 3.97. The molecule has 2 fully saturated rings. The highest BCUT2D eigenvalue weighted by Crippen LogP contribution is 2.55. The summed E-state index contributed by atoms with van der Waals surface area (Å²) in [7, 11) is 0. The molecule has 1 aromatic rings. The van der Waals surface area contributed by atoms with E-state index in [4.69, 9.17) is 11.6 Å². The van der Waals surface area contributed by atoms with Gasteiger partial charge in [-0.3, -0.25) is 0 Å². The van der Waals surface area contributed by atoms with Crippen molar-refractivity contribution in [3.05, 3.63) is 21.3 Å². The molecule has 0 aliphatic heterocycles. The minimum atomic E-state index is 0.647. The highest BCUT2D eigenvalue weighted by molar-refractivity contribution is 7.10. The van der Waals surface area contributed by atoms with Gasteiger partial charge in [0.05, 0.1) is 5.02 Å². The molecule has 0 radical (unpaired) electrons. The lowest BCUT2D eigenvalue weighted by Gasteiger charge is -2.26. The Balaban J connectivity index is 1.63. The third-order valence-electron chi connectivity index (χ3n) is 4.60. The van der Waals surface area contributed by atoms with Crippen molar-refractivity contribution >= 4 is 22.9 Å². The van der Waals surface area contributed by atoms with E-state index < -0.39 is 0 Å². The summed E-state index contributed by atoms with van der Waals surface area (Å²) in [6.07, 6.45) is 6.76. The molecule has 100 valence electrons. The number of halogens is 1. The summed E-state index contributed by atoms with van der Waals surface area (Å²) in [6.45, 7) is 3.38. The minimum Gasteiger partial charge on any atom is -0.313 e. The summed E-state index contributed by atoms with van der Waals surface area (Å²) < 4.78 is 0. The van der Waals surface area contributed by atoms with Gasteiger partial charge in [0, 0.05) is 10.9 Å². The van der Waals surface area contributed by atoms with E-state index in [1.165, 1.54) is 30.6 Å². The normalized spacial score (nSPS) is 31.3. The van der Waals surface area contributed by atoms with Crippen LogP contribution in [-0.2, 0) is 6.42 Å². The summed E-state index contributed by atoms with van der Waals surface area (Å²) in [5.74, 6) is 3.03. The molecular weight excluding hydrogens is 262 g/mol. The molecule has 2 aliphatic rings. The minimum absolute atomic E-state index is 0.647. The molecule has 2 aliphatic carbocycles.